The van der Waals surface area contributed by atoms with Crippen molar-refractivity contribution in [2.45, 2.75) is 26.2 Å². The first-order valence-corrected chi connectivity index (χ1v) is 7.76. The van der Waals surface area contributed by atoms with Crippen molar-refractivity contribution in [3.05, 3.63) is 10.4 Å². The van der Waals surface area contributed by atoms with Crippen LogP contribution in [0.15, 0.2) is 0 Å². The first-order chi connectivity index (χ1) is 9.98. The van der Waals surface area contributed by atoms with E-state index in [9.17, 15) is 9.59 Å². The molecule has 0 unspecified atom stereocenters. The third kappa shape index (κ3) is 2.97. The van der Waals surface area contributed by atoms with Crippen molar-refractivity contribution in [1.29, 1.82) is 0 Å². The predicted octanol–water partition coefficient (Wildman–Crippen LogP) is 2.08. The van der Waals surface area contributed by atoms with Crippen LogP contribution in [0, 0.1) is 5.41 Å². The summed E-state index contributed by atoms with van der Waals surface area (Å²) < 4.78 is 4.77. The molecule has 1 aliphatic carbocycles. The molecule has 0 saturated heterocycles. The number of amides is 1. The van der Waals surface area contributed by atoms with Crippen LogP contribution < -0.4 is 16.4 Å². The van der Waals surface area contributed by atoms with Crippen LogP contribution in [0.4, 0.5) is 10.7 Å². The standard InChI is InChI=1S/C14H21N3O3S/c1-4-14(5-6-14)7-17-12-8(13(19)20-3)9(15)10(21-12)11(18)16-2/h17H,4-7,15H2,1-3H3,(H,16,18). The van der Waals surface area contributed by atoms with Gasteiger partial charge in [-0.05, 0) is 24.7 Å². The predicted molar refractivity (Wildman–Crippen MR) is 83.9 cm³/mol. The lowest BCUT2D eigenvalue weighted by Crippen LogP contribution is -2.18. The van der Waals surface area contributed by atoms with Gasteiger partial charge < -0.3 is 21.1 Å². The van der Waals surface area contributed by atoms with E-state index in [0.717, 1.165) is 13.0 Å². The number of rotatable bonds is 6. The number of nitrogen functional groups attached to an aromatic ring is 1. The maximum absolute atomic E-state index is 11.9. The number of nitrogens with two attached hydrogens (primary N) is 1. The first kappa shape index (κ1) is 15.6. The van der Waals surface area contributed by atoms with Crippen molar-refractivity contribution in [3.63, 3.8) is 0 Å². The van der Waals surface area contributed by atoms with E-state index in [0.29, 0.717) is 15.3 Å². The molecular formula is C14H21N3O3S. The summed E-state index contributed by atoms with van der Waals surface area (Å²) in [5, 5.41) is 6.42. The highest BCUT2D eigenvalue weighted by Crippen LogP contribution is 2.49. The van der Waals surface area contributed by atoms with E-state index in [4.69, 9.17) is 10.5 Å². The Morgan fingerprint density at radius 3 is 2.57 bits per heavy atom. The number of carbonyl (C=O) groups is 2. The minimum Gasteiger partial charge on any atom is -0.465 e. The summed E-state index contributed by atoms with van der Waals surface area (Å²) in [4.78, 5) is 24.1. The second kappa shape index (κ2) is 5.93. The van der Waals surface area contributed by atoms with E-state index in [1.165, 1.54) is 38.3 Å². The van der Waals surface area contributed by atoms with Gasteiger partial charge in [0.2, 0.25) is 0 Å². The van der Waals surface area contributed by atoms with Crippen LogP contribution in [0.25, 0.3) is 0 Å². The molecule has 0 radical (unpaired) electrons. The zero-order valence-corrected chi connectivity index (χ0v) is 13.4. The molecule has 1 fully saturated rings. The Balaban J connectivity index is 2.29. The van der Waals surface area contributed by atoms with E-state index in [1.807, 2.05) is 0 Å². The second-order valence-electron chi connectivity index (χ2n) is 5.33. The molecule has 0 bridgehead atoms. The van der Waals surface area contributed by atoms with Crippen molar-refractivity contribution in [2.24, 2.45) is 5.41 Å². The molecule has 0 aliphatic heterocycles. The van der Waals surface area contributed by atoms with Gasteiger partial charge in [0.15, 0.2) is 0 Å². The molecule has 4 N–H and O–H groups in total. The van der Waals surface area contributed by atoms with Gasteiger partial charge in [-0.1, -0.05) is 6.92 Å². The van der Waals surface area contributed by atoms with Gasteiger partial charge in [-0.3, -0.25) is 4.79 Å². The van der Waals surface area contributed by atoms with Crippen LogP contribution in [0.1, 0.15) is 46.2 Å². The van der Waals surface area contributed by atoms with E-state index >= 15 is 0 Å². The first-order valence-electron chi connectivity index (χ1n) is 6.94. The molecule has 1 heterocycles. The summed E-state index contributed by atoms with van der Waals surface area (Å²) in [5.74, 6) is -0.824. The van der Waals surface area contributed by atoms with Crippen molar-refractivity contribution in [2.75, 3.05) is 31.8 Å². The second-order valence-corrected chi connectivity index (χ2v) is 6.35. The molecule has 0 spiro atoms. The molecule has 6 nitrogen and oxygen atoms in total. The van der Waals surface area contributed by atoms with Gasteiger partial charge in [0, 0.05) is 13.6 Å². The monoisotopic (exact) mass is 311 g/mol. The van der Waals surface area contributed by atoms with Gasteiger partial charge >= 0.3 is 5.97 Å². The molecule has 116 valence electrons. The molecule has 1 aromatic rings. The average Bonchev–Trinajstić information content (AvgIpc) is 3.21. The summed E-state index contributed by atoms with van der Waals surface area (Å²) in [5.41, 5.74) is 6.71. The number of nitrogens with one attached hydrogen (secondary N) is 2. The number of esters is 1. The SMILES string of the molecule is CCC1(CNc2sc(C(=O)NC)c(N)c2C(=O)OC)CC1. The topological polar surface area (TPSA) is 93.5 Å². The Kier molecular flexibility index (Phi) is 4.41. The van der Waals surface area contributed by atoms with Gasteiger partial charge in [-0.25, -0.2) is 4.79 Å². The van der Waals surface area contributed by atoms with E-state index < -0.39 is 5.97 Å². The van der Waals surface area contributed by atoms with Crippen LogP contribution in [-0.2, 0) is 4.74 Å². The van der Waals surface area contributed by atoms with Gasteiger partial charge in [-0.2, -0.15) is 0 Å². The van der Waals surface area contributed by atoms with Crippen molar-refractivity contribution < 1.29 is 14.3 Å². The number of methoxy groups -OCH3 is 1. The lowest BCUT2D eigenvalue weighted by atomic mass is 10.0. The van der Waals surface area contributed by atoms with E-state index in [1.54, 1.807) is 0 Å². The third-order valence-corrected chi connectivity index (χ3v) is 5.26. The highest BCUT2D eigenvalue weighted by atomic mass is 32.1. The Bertz CT molecular complexity index is 564. The molecule has 1 aromatic heterocycles. The molecule has 7 heteroatoms. The summed E-state index contributed by atoms with van der Waals surface area (Å²) in [7, 11) is 2.83. The van der Waals surface area contributed by atoms with Crippen molar-refractivity contribution in [1.82, 2.24) is 5.32 Å². The van der Waals surface area contributed by atoms with Crippen LogP contribution in [0.3, 0.4) is 0 Å². The fourth-order valence-electron chi connectivity index (χ4n) is 2.26. The number of thiophene rings is 1. The molecule has 2 rings (SSSR count). The summed E-state index contributed by atoms with van der Waals surface area (Å²) in [6, 6.07) is 0. The molecule has 0 aromatic carbocycles. The zero-order valence-electron chi connectivity index (χ0n) is 12.5. The normalized spacial score (nSPS) is 15.4. The lowest BCUT2D eigenvalue weighted by molar-refractivity contribution is 0.0603. The molecule has 21 heavy (non-hydrogen) atoms. The van der Waals surface area contributed by atoms with Crippen LogP contribution in [0.5, 0.6) is 0 Å². The molecule has 1 aliphatic rings. The summed E-state index contributed by atoms with van der Waals surface area (Å²) in [6.07, 6.45) is 3.47. The quantitative estimate of drug-likeness (QED) is 0.699. The van der Waals surface area contributed by atoms with Crippen LogP contribution >= 0.6 is 11.3 Å². The Labute approximate surface area is 128 Å². The minimum atomic E-state index is -0.525. The Morgan fingerprint density at radius 2 is 2.10 bits per heavy atom. The largest absolute Gasteiger partial charge is 0.465 e. The van der Waals surface area contributed by atoms with Gasteiger partial charge in [0.25, 0.3) is 5.91 Å². The number of anilines is 2. The Hall–Kier alpha value is -1.76. The van der Waals surface area contributed by atoms with Crippen LogP contribution in [0.2, 0.25) is 0 Å². The highest BCUT2D eigenvalue weighted by Gasteiger charge is 2.40. The van der Waals surface area contributed by atoms with Gasteiger partial charge in [0.1, 0.15) is 15.4 Å². The number of ether oxygens (including phenoxy) is 1. The zero-order chi connectivity index (χ0) is 15.6. The Morgan fingerprint density at radius 1 is 1.43 bits per heavy atom. The molecular weight excluding hydrogens is 290 g/mol. The van der Waals surface area contributed by atoms with Crippen molar-refractivity contribution >= 4 is 33.9 Å². The number of hydrogen-bond donors (Lipinski definition) is 3. The number of carbonyl (C=O) groups excluding carboxylic acids is 2. The smallest absolute Gasteiger partial charge is 0.343 e. The maximum Gasteiger partial charge on any atom is 0.343 e. The maximum atomic E-state index is 11.9. The van der Waals surface area contributed by atoms with Gasteiger partial charge in [0.05, 0.1) is 12.8 Å². The third-order valence-electron chi connectivity index (χ3n) is 4.10. The summed E-state index contributed by atoms with van der Waals surface area (Å²) >= 11 is 1.19. The molecule has 0 atom stereocenters. The molecule has 1 saturated carbocycles. The average molecular weight is 311 g/mol. The van der Waals surface area contributed by atoms with E-state index in [2.05, 4.69) is 17.6 Å². The lowest BCUT2D eigenvalue weighted by Gasteiger charge is -2.14. The van der Waals surface area contributed by atoms with Crippen molar-refractivity contribution in [3.8, 4) is 0 Å². The van der Waals surface area contributed by atoms with E-state index in [-0.39, 0.29) is 17.2 Å². The van der Waals surface area contributed by atoms with Gasteiger partial charge in [-0.15, -0.1) is 11.3 Å². The fraction of sp³-hybridized carbons (Fsp3) is 0.571. The highest BCUT2D eigenvalue weighted by molar-refractivity contribution is 7.19. The fourth-order valence-corrected chi connectivity index (χ4v) is 3.31. The molecule has 1 amide bonds. The minimum absolute atomic E-state index is 0.176. The summed E-state index contributed by atoms with van der Waals surface area (Å²) in [6.45, 7) is 2.94. The number of hydrogen-bond acceptors (Lipinski definition) is 6. The van der Waals surface area contributed by atoms with Crippen LogP contribution in [-0.4, -0.2) is 32.6 Å².